The molecule has 2 N–H and O–H groups in total. The molecule has 39 heavy (non-hydrogen) atoms. The Bertz CT molecular complexity index is 1360. The number of hydrogen-bond acceptors (Lipinski definition) is 9. The van der Waals surface area contributed by atoms with Gasteiger partial charge in [0.25, 0.3) is 5.91 Å². The van der Waals surface area contributed by atoms with Gasteiger partial charge in [-0.05, 0) is 24.6 Å². The number of aliphatic hydroxyl groups excluding tert-OH is 2. The van der Waals surface area contributed by atoms with Gasteiger partial charge in [0, 0.05) is 36.9 Å². The van der Waals surface area contributed by atoms with Crippen molar-refractivity contribution in [3.63, 3.8) is 0 Å². The van der Waals surface area contributed by atoms with E-state index in [-0.39, 0.29) is 22.9 Å². The number of nitrogens with zero attached hydrogens (tertiary/aromatic N) is 5. The lowest BCUT2D eigenvalue weighted by atomic mass is 9.97. The summed E-state index contributed by atoms with van der Waals surface area (Å²) in [6.45, 7) is 0.725. The van der Waals surface area contributed by atoms with Gasteiger partial charge in [0.05, 0.1) is 17.8 Å². The van der Waals surface area contributed by atoms with Gasteiger partial charge in [0.15, 0.2) is 0 Å². The van der Waals surface area contributed by atoms with Gasteiger partial charge >= 0.3 is 0 Å². The summed E-state index contributed by atoms with van der Waals surface area (Å²) in [6.07, 6.45) is 0.446. The molecule has 10 nitrogen and oxygen atoms in total. The van der Waals surface area contributed by atoms with Crippen LogP contribution in [0.1, 0.15) is 23.0 Å². The fraction of sp³-hybridized carbons (Fsp3) is 0.417. The highest BCUT2D eigenvalue weighted by Gasteiger charge is 2.48. The molecule has 0 spiro atoms. The normalized spacial score (nSPS) is 25.0. The minimum absolute atomic E-state index is 0.0833. The highest BCUT2D eigenvalue weighted by molar-refractivity contribution is 8.00. The van der Waals surface area contributed by atoms with Crippen molar-refractivity contribution in [3.8, 4) is 11.3 Å². The summed E-state index contributed by atoms with van der Waals surface area (Å²) in [5.41, 5.74) is -0.466. The Morgan fingerprint density at radius 3 is 2.59 bits per heavy atom. The van der Waals surface area contributed by atoms with Gasteiger partial charge in [-0.2, -0.15) is 0 Å². The van der Waals surface area contributed by atoms with Crippen molar-refractivity contribution in [1.82, 2.24) is 24.9 Å². The molecule has 2 unspecified atom stereocenters. The molecule has 5 atom stereocenters. The minimum atomic E-state index is -1.30. The molecule has 0 bridgehead atoms. The maximum Gasteiger partial charge on any atom is 0.273 e. The Hall–Kier alpha value is -2.39. The summed E-state index contributed by atoms with van der Waals surface area (Å²) in [6, 6.07) is 2.69. The van der Waals surface area contributed by atoms with Crippen molar-refractivity contribution in [2.75, 3.05) is 26.8 Å². The van der Waals surface area contributed by atoms with E-state index in [4.69, 9.17) is 32.7 Å². The topological polar surface area (TPSA) is 123 Å². The third-order valence-corrected chi connectivity index (χ3v) is 8.34. The Kier molecular flexibility index (Phi) is 8.38. The smallest absolute Gasteiger partial charge is 0.273 e. The molecule has 2 aromatic heterocycles. The van der Waals surface area contributed by atoms with E-state index >= 15 is 0 Å². The van der Waals surface area contributed by atoms with E-state index in [2.05, 4.69) is 15.3 Å². The fourth-order valence-corrected chi connectivity index (χ4v) is 6.07. The molecule has 5 rings (SSSR count). The van der Waals surface area contributed by atoms with Crippen LogP contribution in [0.25, 0.3) is 11.3 Å². The van der Waals surface area contributed by atoms with Gasteiger partial charge in [0.1, 0.15) is 57.8 Å². The quantitative estimate of drug-likeness (QED) is 0.393. The van der Waals surface area contributed by atoms with Crippen LogP contribution in [0.4, 0.5) is 8.78 Å². The third-order valence-electron chi connectivity index (χ3n) is 6.60. The van der Waals surface area contributed by atoms with Crippen molar-refractivity contribution in [3.05, 3.63) is 58.0 Å². The standard InChI is InChI=1S/C24H23Cl2F2N5O5S/c1-37-22-20(33-9-15(30-31-33)11-5-13(27)18(26)14(28)6-11)21(35)16(10-34)38-24(22)39-17-7-12(25)8-29-19(17)23(36)32-3-2-4-32/h5-9,16,20-22,24,34-35H,2-4,10H2,1H3/t16?,20-,21-,22?,24+/m0/s1. The van der Waals surface area contributed by atoms with E-state index < -0.39 is 53.1 Å². The van der Waals surface area contributed by atoms with Gasteiger partial charge < -0.3 is 24.6 Å². The lowest BCUT2D eigenvalue weighted by Gasteiger charge is -2.43. The summed E-state index contributed by atoms with van der Waals surface area (Å²) < 4.78 is 41.1. The largest absolute Gasteiger partial charge is 0.394 e. The highest BCUT2D eigenvalue weighted by Crippen LogP contribution is 2.41. The average Bonchev–Trinajstić information content (AvgIpc) is 3.36. The molecule has 208 valence electrons. The van der Waals surface area contributed by atoms with E-state index in [0.717, 1.165) is 30.3 Å². The number of carbonyl (C=O) groups is 1. The molecular formula is C24H23Cl2F2N5O5S. The molecule has 2 aliphatic rings. The van der Waals surface area contributed by atoms with Crippen molar-refractivity contribution >= 4 is 40.9 Å². The molecule has 15 heteroatoms. The van der Waals surface area contributed by atoms with E-state index in [1.165, 1.54) is 24.2 Å². The number of pyridine rings is 1. The molecule has 0 radical (unpaired) electrons. The van der Waals surface area contributed by atoms with Crippen LogP contribution < -0.4 is 0 Å². The van der Waals surface area contributed by atoms with Crippen molar-refractivity contribution in [2.45, 2.75) is 41.1 Å². The number of aromatic nitrogens is 4. The molecule has 0 saturated carbocycles. The molecular weight excluding hydrogens is 579 g/mol. The van der Waals surface area contributed by atoms with E-state index in [9.17, 15) is 23.8 Å². The van der Waals surface area contributed by atoms with Crippen LogP contribution in [-0.2, 0) is 9.47 Å². The van der Waals surface area contributed by atoms with Crippen molar-refractivity contribution < 1.29 is 33.3 Å². The second kappa shape index (κ2) is 11.6. The van der Waals surface area contributed by atoms with Crippen LogP contribution in [0.2, 0.25) is 10.0 Å². The number of halogens is 4. The number of hydrogen-bond donors (Lipinski definition) is 2. The van der Waals surface area contributed by atoms with E-state index in [0.29, 0.717) is 23.0 Å². The number of methoxy groups -OCH3 is 1. The summed E-state index contributed by atoms with van der Waals surface area (Å²) >= 11 is 12.9. The SMILES string of the molecule is COC1[C@@H](Sc2cc(Cl)cnc2C(=O)N2CCC2)OC(CO)[C@H](O)[C@@H]1n1cc(-c2cc(F)c(Cl)c(F)c2)nn1. The predicted molar refractivity (Wildman–Crippen MR) is 138 cm³/mol. The summed E-state index contributed by atoms with van der Waals surface area (Å²) in [5, 5.41) is 28.8. The second-order valence-electron chi connectivity index (χ2n) is 9.01. The van der Waals surface area contributed by atoms with Gasteiger partial charge in [-0.15, -0.1) is 5.10 Å². The second-order valence-corrected chi connectivity index (χ2v) is 11.0. The van der Waals surface area contributed by atoms with Crippen LogP contribution >= 0.6 is 35.0 Å². The number of carbonyl (C=O) groups excluding carboxylic acids is 1. The van der Waals surface area contributed by atoms with Crippen LogP contribution in [0.3, 0.4) is 0 Å². The molecule has 1 amide bonds. The third kappa shape index (κ3) is 5.49. The zero-order chi connectivity index (χ0) is 27.8. The lowest BCUT2D eigenvalue weighted by molar-refractivity contribution is -0.186. The number of thioether (sulfide) groups is 1. The van der Waals surface area contributed by atoms with Crippen LogP contribution in [0, 0.1) is 11.6 Å². The first-order chi connectivity index (χ1) is 18.7. The molecule has 1 aromatic carbocycles. The lowest BCUT2D eigenvalue weighted by Crippen LogP contribution is -2.55. The molecule has 4 heterocycles. The summed E-state index contributed by atoms with van der Waals surface area (Å²) in [4.78, 5) is 19.3. The first-order valence-corrected chi connectivity index (χ1v) is 13.5. The van der Waals surface area contributed by atoms with E-state index in [1.807, 2.05) is 0 Å². The molecule has 2 saturated heterocycles. The van der Waals surface area contributed by atoms with E-state index in [1.54, 1.807) is 11.0 Å². The minimum Gasteiger partial charge on any atom is -0.394 e. The van der Waals surface area contributed by atoms with Crippen LogP contribution in [0.5, 0.6) is 0 Å². The monoisotopic (exact) mass is 601 g/mol. The number of ether oxygens (including phenoxy) is 2. The Morgan fingerprint density at radius 2 is 1.97 bits per heavy atom. The maximum atomic E-state index is 14.0. The van der Waals surface area contributed by atoms with Gasteiger partial charge in [-0.25, -0.2) is 18.4 Å². The van der Waals surface area contributed by atoms with Crippen molar-refractivity contribution in [1.29, 1.82) is 0 Å². The number of aliphatic hydroxyl groups is 2. The fourth-order valence-electron chi connectivity index (χ4n) is 4.43. The summed E-state index contributed by atoms with van der Waals surface area (Å²) in [5.74, 6) is -2.17. The van der Waals surface area contributed by atoms with Crippen LogP contribution in [-0.4, -0.2) is 91.6 Å². The van der Waals surface area contributed by atoms with Crippen molar-refractivity contribution in [2.24, 2.45) is 0 Å². The maximum absolute atomic E-state index is 14.0. The highest BCUT2D eigenvalue weighted by atomic mass is 35.5. The molecule has 2 aliphatic heterocycles. The Labute approximate surface area is 235 Å². The number of benzene rings is 1. The first-order valence-electron chi connectivity index (χ1n) is 11.9. The average molecular weight is 602 g/mol. The molecule has 3 aromatic rings. The number of likely N-dealkylation sites (tertiary alicyclic amines) is 1. The molecule has 2 fully saturated rings. The number of amides is 1. The molecule has 0 aliphatic carbocycles. The van der Waals surface area contributed by atoms with Crippen LogP contribution in [0.15, 0.2) is 35.5 Å². The van der Waals surface area contributed by atoms with Gasteiger partial charge in [-0.1, -0.05) is 40.2 Å². The first kappa shape index (κ1) is 28.1. The Balaban J connectivity index is 1.47. The van der Waals surface area contributed by atoms with Gasteiger partial charge in [0.2, 0.25) is 0 Å². The predicted octanol–water partition coefficient (Wildman–Crippen LogP) is 3.20. The van der Waals surface area contributed by atoms with Gasteiger partial charge in [-0.3, -0.25) is 4.79 Å². The summed E-state index contributed by atoms with van der Waals surface area (Å²) in [7, 11) is 1.41. The number of rotatable bonds is 7. The Morgan fingerprint density at radius 1 is 1.26 bits per heavy atom. The zero-order valence-electron chi connectivity index (χ0n) is 20.4. The zero-order valence-corrected chi connectivity index (χ0v) is 22.7.